The molecule has 21 heavy (non-hydrogen) atoms. The Morgan fingerprint density at radius 1 is 1.24 bits per heavy atom. The third-order valence-corrected chi connectivity index (χ3v) is 4.58. The van der Waals surface area contributed by atoms with Crippen molar-refractivity contribution in [3.63, 3.8) is 0 Å². The minimum atomic E-state index is 0.0579. The van der Waals surface area contributed by atoms with Crippen molar-refractivity contribution in [2.75, 3.05) is 20.8 Å². The number of rotatable bonds is 4. The van der Waals surface area contributed by atoms with Crippen LogP contribution < -0.4 is 14.8 Å². The topological polar surface area (TPSA) is 30.5 Å². The Hall–Kier alpha value is -1.52. The van der Waals surface area contributed by atoms with Crippen LogP contribution in [0.15, 0.2) is 40.9 Å². The summed E-state index contributed by atoms with van der Waals surface area (Å²) in [7, 11) is 3.65. The van der Waals surface area contributed by atoms with Crippen LogP contribution in [0.25, 0.3) is 0 Å². The van der Waals surface area contributed by atoms with Gasteiger partial charge in [-0.05, 0) is 36.4 Å². The highest BCUT2D eigenvalue weighted by atomic mass is 79.9. The van der Waals surface area contributed by atoms with Crippen molar-refractivity contribution < 1.29 is 9.47 Å². The van der Waals surface area contributed by atoms with E-state index in [0.717, 1.165) is 34.6 Å². The van der Waals surface area contributed by atoms with Gasteiger partial charge in [-0.25, -0.2) is 0 Å². The maximum Gasteiger partial charge on any atom is 0.127 e. The first-order valence-corrected chi connectivity index (χ1v) is 7.79. The van der Waals surface area contributed by atoms with Gasteiger partial charge in [0, 0.05) is 16.5 Å². The summed E-state index contributed by atoms with van der Waals surface area (Å²) >= 11 is 3.64. The first kappa shape index (κ1) is 14.4. The maximum absolute atomic E-state index is 5.84. The molecule has 3 rings (SSSR count). The van der Waals surface area contributed by atoms with Gasteiger partial charge in [-0.3, -0.25) is 0 Å². The largest absolute Gasteiger partial charge is 0.497 e. The summed E-state index contributed by atoms with van der Waals surface area (Å²) in [4.78, 5) is 0. The molecule has 1 unspecified atom stereocenters. The van der Waals surface area contributed by atoms with Crippen LogP contribution in [0.1, 0.15) is 22.7 Å². The van der Waals surface area contributed by atoms with Gasteiger partial charge in [0.05, 0.1) is 19.8 Å². The number of hydrogen-bond donors (Lipinski definition) is 1. The van der Waals surface area contributed by atoms with E-state index in [1.54, 1.807) is 7.11 Å². The Balaban J connectivity index is 2.09. The van der Waals surface area contributed by atoms with E-state index in [1.165, 1.54) is 11.1 Å². The molecule has 2 aromatic carbocycles. The maximum atomic E-state index is 5.84. The van der Waals surface area contributed by atoms with Crippen LogP contribution in [0.2, 0.25) is 0 Å². The molecule has 3 nitrogen and oxygen atoms in total. The molecular formula is C17H18BrNO2. The van der Waals surface area contributed by atoms with Crippen LogP contribution in [0, 0.1) is 0 Å². The van der Waals surface area contributed by atoms with Crippen LogP contribution in [0.4, 0.5) is 0 Å². The SMILES string of the molecule is CNC(c1cc(OC)ccc1Br)c1cccc2c1OCC2. The van der Waals surface area contributed by atoms with E-state index < -0.39 is 0 Å². The average Bonchev–Trinajstić information content (AvgIpc) is 2.99. The Bertz CT molecular complexity index is 657. The van der Waals surface area contributed by atoms with Crippen molar-refractivity contribution >= 4 is 15.9 Å². The van der Waals surface area contributed by atoms with E-state index in [2.05, 4.69) is 45.5 Å². The zero-order valence-corrected chi connectivity index (χ0v) is 13.7. The number of methoxy groups -OCH3 is 1. The molecule has 1 aliphatic heterocycles. The van der Waals surface area contributed by atoms with Crippen molar-refractivity contribution in [2.45, 2.75) is 12.5 Å². The third kappa shape index (κ3) is 2.65. The van der Waals surface area contributed by atoms with Gasteiger partial charge in [0.1, 0.15) is 11.5 Å². The second-order valence-corrected chi connectivity index (χ2v) is 5.90. The molecule has 4 heteroatoms. The number of hydrogen-bond acceptors (Lipinski definition) is 3. The monoisotopic (exact) mass is 347 g/mol. The molecule has 1 N–H and O–H groups in total. The van der Waals surface area contributed by atoms with Crippen LogP contribution >= 0.6 is 15.9 Å². The van der Waals surface area contributed by atoms with E-state index in [1.807, 2.05) is 19.2 Å². The minimum absolute atomic E-state index is 0.0579. The molecule has 0 radical (unpaired) electrons. The predicted molar refractivity (Wildman–Crippen MR) is 87.2 cm³/mol. The van der Waals surface area contributed by atoms with Gasteiger partial charge >= 0.3 is 0 Å². The quantitative estimate of drug-likeness (QED) is 0.914. The van der Waals surface area contributed by atoms with Crippen molar-refractivity contribution in [2.24, 2.45) is 0 Å². The fourth-order valence-electron chi connectivity index (χ4n) is 2.82. The first-order valence-electron chi connectivity index (χ1n) is 7.00. The number of para-hydroxylation sites is 1. The highest BCUT2D eigenvalue weighted by Crippen LogP contribution is 2.39. The van der Waals surface area contributed by atoms with Crippen molar-refractivity contribution in [3.8, 4) is 11.5 Å². The second kappa shape index (κ2) is 6.08. The first-order chi connectivity index (χ1) is 10.2. The fraction of sp³-hybridized carbons (Fsp3) is 0.294. The highest BCUT2D eigenvalue weighted by molar-refractivity contribution is 9.10. The molecule has 2 aromatic rings. The lowest BCUT2D eigenvalue weighted by atomic mass is 9.96. The Morgan fingerprint density at radius 3 is 2.86 bits per heavy atom. The van der Waals surface area contributed by atoms with Crippen LogP contribution in [-0.4, -0.2) is 20.8 Å². The number of nitrogens with one attached hydrogen (secondary N) is 1. The Morgan fingerprint density at radius 2 is 2.10 bits per heavy atom. The minimum Gasteiger partial charge on any atom is -0.497 e. The molecule has 1 atom stereocenters. The molecule has 1 aliphatic rings. The average molecular weight is 348 g/mol. The smallest absolute Gasteiger partial charge is 0.127 e. The van der Waals surface area contributed by atoms with E-state index in [0.29, 0.717) is 0 Å². The lowest BCUT2D eigenvalue weighted by molar-refractivity contribution is 0.351. The van der Waals surface area contributed by atoms with Gasteiger partial charge in [0.2, 0.25) is 0 Å². The standard InChI is InChI=1S/C17H18BrNO2/c1-19-16(14-10-12(20-2)6-7-15(14)18)13-5-3-4-11-8-9-21-17(11)13/h3-7,10,16,19H,8-9H2,1-2H3. The molecule has 0 aliphatic carbocycles. The van der Waals surface area contributed by atoms with E-state index >= 15 is 0 Å². The van der Waals surface area contributed by atoms with E-state index in [4.69, 9.17) is 9.47 Å². The highest BCUT2D eigenvalue weighted by Gasteiger charge is 2.24. The molecule has 0 bridgehead atoms. The summed E-state index contributed by atoms with van der Waals surface area (Å²) in [5.41, 5.74) is 3.59. The summed E-state index contributed by atoms with van der Waals surface area (Å²) in [5.74, 6) is 1.87. The molecule has 110 valence electrons. The van der Waals surface area contributed by atoms with Gasteiger partial charge in [0.15, 0.2) is 0 Å². The lowest BCUT2D eigenvalue weighted by Crippen LogP contribution is -2.19. The van der Waals surface area contributed by atoms with Crippen LogP contribution in [-0.2, 0) is 6.42 Å². The molecule has 0 aromatic heterocycles. The molecule has 0 saturated heterocycles. The molecule has 0 amide bonds. The number of fused-ring (bicyclic) bond motifs is 1. The zero-order valence-electron chi connectivity index (χ0n) is 12.2. The normalized spacial score (nSPS) is 14.4. The molecule has 0 fully saturated rings. The van der Waals surface area contributed by atoms with Crippen molar-refractivity contribution in [1.82, 2.24) is 5.32 Å². The summed E-state index contributed by atoms with van der Waals surface area (Å²) in [6.45, 7) is 0.766. The summed E-state index contributed by atoms with van der Waals surface area (Å²) in [5, 5.41) is 3.39. The summed E-state index contributed by atoms with van der Waals surface area (Å²) < 4.78 is 12.3. The van der Waals surface area contributed by atoms with Gasteiger partial charge in [-0.2, -0.15) is 0 Å². The van der Waals surface area contributed by atoms with Gasteiger partial charge in [-0.15, -0.1) is 0 Å². The Kier molecular flexibility index (Phi) is 4.17. The van der Waals surface area contributed by atoms with Crippen molar-refractivity contribution in [3.05, 3.63) is 57.6 Å². The van der Waals surface area contributed by atoms with Crippen molar-refractivity contribution in [1.29, 1.82) is 0 Å². The zero-order chi connectivity index (χ0) is 14.8. The second-order valence-electron chi connectivity index (χ2n) is 5.04. The molecule has 0 saturated carbocycles. The molecule has 0 spiro atoms. The van der Waals surface area contributed by atoms with Crippen LogP contribution in [0.3, 0.4) is 0 Å². The Labute approximate surface area is 133 Å². The summed E-state index contributed by atoms with van der Waals surface area (Å²) in [6.07, 6.45) is 0.985. The number of halogens is 1. The third-order valence-electron chi connectivity index (χ3n) is 3.86. The lowest BCUT2D eigenvalue weighted by Gasteiger charge is -2.21. The number of benzene rings is 2. The van der Waals surface area contributed by atoms with Gasteiger partial charge in [0.25, 0.3) is 0 Å². The summed E-state index contributed by atoms with van der Waals surface area (Å²) in [6, 6.07) is 12.4. The van der Waals surface area contributed by atoms with Gasteiger partial charge < -0.3 is 14.8 Å². The number of ether oxygens (including phenoxy) is 2. The van der Waals surface area contributed by atoms with Crippen LogP contribution in [0.5, 0.6) is 11.5 Å². The predicted octanol–water partition coefficient (Wildman–Crippen LogP) is 3.70. The fourth-order valence-corrected chi connectivity index (χ4v) is 3.29. The van der Waals surface area contributed by atoms with Gasteiger partial charge in [-0.1, -0.05) is 34.1 Å². The molecular weight excluding hydrogens is 330 g/mol. The van der Waals surface area contributed by atoms with E-state index in [9.17, 15) is 0 Å². The van der Waals surface area contributed by atoms with E-state index in [-0.39, 0.29) is 6.04 Å². The molecule has 1 heterocycles.